The third kappa shape index (κ3) is 3.78. The van der Waals surface area contributed by atoms with Crippen molar-refractivity contribution >= 4 is 25.4 Å². The fraction of sp³-hybridized carbons (Fsp3) is 0.688. The molecule has 5 N–H and O–H groups in total. The lowest BCUT2D eigenvalue weighted by Gasteiger charge is -2.37. The highest BCUT2D eigenvalue weighted by Crippen LogP contribution is 2.38. The zero-order chi connectivity index (χ0) is 20.0. The molecule has 0 radical (unpaired) electrons. The molecule has 0 spiro atoms. The van der Waals surface area contributed by atoms with Crippen LogP contribution in [-0.2, 0) is 9.16 Å². The summed E-state index contributed by atoms with van der Waals surface area (Å²) >= 11 is 0. The number of rotatable bonds is 5. The van der Waals surface area contributed by atoms with Crippen molar-refractivity contribution in [2.24, 2.45) is 0 Å². The van der Waals surface area contributed by atoms with Gasteiger partial charge in [-0.25, -0.2) is 4.98 Å². The smallest absolute Gasteiger partial charge is 0.280 e. The van der Waals surface area contributed by atoms with Crippen LogP contribution >= 0.6 is 0 Å². The van der Waals surface area contributed by atoms with Gasteiger partial charge in [-0.2, -0.15) is 10.5 Å². The lowest BCUT2D eigenvalue weighted by atomic mass is 10.1. The van der Waals surface area contributed by atoms with E-state index < -0.39 is 20.1 Å². The van der Waals surface area contributed by atoms with Crippen LogP contribution in [0.3, 0.4) is 0 Å². The number of ether oxygens (including phenoxy) is 1. The summed E-state index contributed by atoms with van der Waals surface area (Å²) in [6.07, 6.45) is 1.19. The minimum absolute atomic E-state index is 0.0156. The molecule has 11 heteroatoms. The number of aromatic nitrogens is 4. The van der Waals surface area contributed by atoms with Crippen molar-refractivity contribution in [2.75, 3.05) is 12.3 Å². The van der Waals surface area contributed by atoms with Gasteiger partial charge in [0.05, 0.1) is 25.1 Å². The predicted octanol–water partition coefficient (Wildman–Crippen LogP) is 1.36. The number of aromatic amines is 1. The van der Waals surface area contributed by atoms with Gasteiger partial charge in [-0.05, 0) is 18.1 Å². The largest absolute Gasteiger partial charge is 0.414 e. The van der Waals surface area contributed by atoms with Crippen molar-refractivity contribution in [1.82, 2.24) is 25.0 Å². The maximum Gasteiger partial charge on any atom is 0.280 e. The van der Waals surface area contributed by atoms with Gasteiger partial charge in [0.25, 0.3) is 5.56 Å². The molecular weight excluding hydrogens is 368 g/mol. The molecule has 1 aliphatic rings. The number of imidazole rings is 1. The average molecular weight is 397 g/mol. The standard InChI is InChI=1S/C16H28N6O4Si/c1-16(2,3)27(4,5)25-7-10-9(21-24)6-11(26-10)22-8-18-12-13(22)19-15(17)20-14(12)23/h8-11,21,24H,6-7H2,1-5H3,(H3,17,19,20,23)/t9-,10+,11+/m0/s1. The van der Waals surface area contributed by atoms with Crippen molar-refractivity contribution < 1.29 is 14.4 Å². The molecule has 3 heterocycles. The highest BCUT2D eigenvalue weighted by molar-refractivity contribution is 6.74. The first-order chi connectivity index (χ1) is 12.5. The van der Waals surface area contributed by atoms with E-state index in [1.807, 2.05) is 0 Å². The van der Waals surface area contributed by atoms with Crippen molar-refractivity contribution in [1.29, 1.82) is 0 Å². The molecule has 2 aromatic heterocycles. The fourth-order valence-electron chi connectivity index (χ4n) is 2.85. The number of fused-ring (bicyclic) bond motifs is 1. The molecule has 2 aromatic rings. The van der Waals surface area contributed by atoms with E-state index in [4.69, 9.17) is 14.9 Å². The van der Waals surface area contributed by atoms with Crippen LogP contribution in [0.4, 0.5) is 5.95 Å². The van der Waals surface area contributed by atoms with Crippen LogP contribution in [0.15, 0.2) is 11.1 Å². The van der Waals surface area contributed by atoms with E-state index in [0.29, 0.717) is 18.7 Å². The number of nitrogen functional groups attached to an aromatic ring is 1. The van der Waals surface area contributed by atoms with E-state index in [-0.39, 0.29) is 28.6 Å². The SMILES string of the molecule is CC(C)(C)[Si](C)(C)OC[C@H]1O[C@@H](n2cnc3c(=O)[nH]c(N)nc32)C[C@@H]1NO. The summed E-state index contributed by atoms with van der Waals surface area (Å²) in [5.74, 6) is 0.0156. The molecular formula is C16H28N6O4Si. The van der Waals surface area contributed by atoms with Gasteiger partial charge in [-0.1, -0.05) is 20.8 Å². The molecule has 150 valence electrons. The van der Waals surface area contributed by atoms with Crippen molar-refractivity contribution in [3.63, 3.8) is 0 Å². The second kappa shape index (κ2) is 6.98. The quantitative estimate of drug-likeness (QED) is 0.439. The Labute approximate surface area is 158 Å². The zero-order valence-corrected chi connectivity index (χ0v) is 17.3. The summed E-state index contributed by atoms with van der Waals surface area (Å²) in [6, 6.07) is -0.309. The first kappa shape index (κ1) is 20.0. The van der Waals surface area contributed by atoms with E-state index in [2.05, 4.69) is 54.3 Å². The number of nitrogens with zero attached hydrogens (tertiary/aromatic N) is 3. The highest BCUT2D eigenvalue weighted by atomic mass is 28.4. The number of hydrogen-bond donors (Lipinski definition) is 4. The minimum Gasteiger partial charge on any atom is -0.414 e. The molecule has 3 rings (SSSR count). The van der Waals surface area contributed by atoms with Crippen LogP contribution in [0.2, 0.25) is 18.1 Å². The van der Waals surface area contributed by atoms with E-state index in [1.165, 1.54) is 6.33 Å². The first-order valence-electron chi connectivity index (χ1n) is 8.95. The third-order valence-corrected chi connectivity index (χ3v) is 10.1. The van der Waals surface area contributed by atoms with Crippen LogP contribution in [-0.4, -0.2) is 51.8 Å². The van der Waals surface area contributed by atoms with Crippen molar-refractivity contribution in [3.8, 4) is 0 Å². The fourth-order valence-corrected chi connectivity index (χ4v) is 3.87. The van der Waals surface area contributed by atoms with Crippen LogP contribution in [0.25, 0.3) is 11.2 Å². The van der Waals surface area contributed by atoms with Gasteiger partial charge in [0, 0.05) is 6.42 Å². The summed E-state index contributed by atoms with van der Waals surface area (Å²) in [5.41, 5.74) is 8.12. The number of nitrogens with one attached hydrogen (secondary N) is 2. The van der Waals surface area contributed by atoms with Crippen LogP contribution in [0, 0.1) is 0 Å². The Kier molecular flexibility index (Phi) is 5.16. The summed E-state index contributed by atoms with van der Waals surface area (Å²) in [6.45, 7) is 11.2. The number of hydrogen-bond acceptors (Lipinski definition) is 8. The molecule has 27 heavy (non-hydrogen) atoms. The average Bonchev–Trinajstić information content (AvgIpc) is 3.15. The van der Waals surface area contributed by atoms with Gasteiger partial charge in [0.15, 0.2) is 19.5 Å². The maximum atomic E-state index is 12.0. The highest BCUT2D eigenvalue weighted by Gasteiger charge is 2.41. The molecule has 0 saturated carbocycles. The number of H-pyrrole nitrogens is 1. The molecule has 0 amide bonds. The van der Waals surface area contributed by atoms with E-state index in [9.17, 15) is 10.0 Å². The lowest BCUT2D eigenvalue weighted by molar-refractivity contribution is -0.0321. The molecule has 10 nitrogen and oxygen atoms in total. The van der Waals surface area contributed by atoms with Gasteiger partial charge >= 0.3 is 0 Å². The third-order valence-electron chi connectivity index (χ3n) is 5.58. The Morgan fingerprint density at radius 3 is 2.85 bits per heavy atom. The Balaban J connectivity index is 1.80. The van der Waals surface area contributed by atoms with Gasteiger partial charge < -0.3 is 20.1 Å². The summed E-state index contributed by atoms with van der Waals surface area (Å²) < 4.78 is 14.0. The monoisotopic (exact) mass is 396 g/mol. The minimum atomic E-state index is -1.94. The molecule has 3 atom stereocenters. The molecule has 0 aromatic carbocycles. The Hall–Kier alpha value is -1.79. The Morgan fingerprint density at radius 1 is 1.52 bits per heavy atom. The summed E-state index contributed by atoms with van der Waals surface area (Å²) in [5, 5.41) is 9.63. The maximum absolute atomic E-state index is 12.0. The lowest BCUT2D eigenvalue weighted by Crippen LogP contribution is -2.45. The van der Waals surface area contributed by atoms with E-state index in [1.54, 1.807) is 4.57 Å². The van der Waals surface area contributed by atoms with E-state index in [0.717, 1.165) is 0 Å². The second-order valence-electron chi connectivity index (χ2n) is 8.45. The molecule has 1 aliphatic heterocycles. The molecule has 0 aliphatic carbocycles. The number of hydroxylamine groups is 1. The summed E-state index contributed by atoms with van der Waals surface area (Å²) in [7, 11) is -1.94. The predicted molar refractivity (Wildman–Crippen MR) is 103 cm³/mol. The van der Waals surface area contributed by atoms with Crippen LogP contribution < -0.4 is 16.8 Å². The van der Waals surface area contributed by atoms with Crippen LogP contribution in [0.5, 0.6) is 0 Å². The van der Waals surface area contributed by atoms with Gasteiger partial charge in [-0.3, -0.25) is 14.3 Å². The van der Waals surface area contributed by atoms with E-state index >= 15 is 0 Å². The molecule has 0 bridgehead atoms. The molecule has 1 saturated heterocycles. The Morgan fingerprint density at radius 2 is 2.22 bits per heavy atom. The van der Waals surface area contributed by atoms with Gasteiger partial charge in [0.1, 0.15) is 6.23 Å². The molecule has 1 fully saturated rings. The zero-order valence-electron chi connectivity index (χ0n) is 16.3. The molecule has 0 unspecified atom stereocenters. The first-order valence-corrected chi connectivity index (χ1v) is 11.9. The summed E-state index contributed by atoms with van der Waals surface area (Å²) in [4.78, 5) is 22.7. The van der Waals surface area contributed by atoms with Crippen LogP contribution in [0.1, 0.15) is 33.4 Å². The second-order valence-corrected chi connectivity index (χ2v) is 13.3. The van der Waals surface area contributed by atoms with Gasteiger partial charge in [-0.15, -0.1) is 0 Å². The Bertz CT molecular complexity index is 874. The topological polar surface area (TPSA) is 140 Å². The van der Waals surface area contributed by atoms with Crippen molar-refractivity contribution in [3.05, 3.63) is 16.7 Å². The van der Waals surface area contributed by atoms with Crippen molar-refractivity contribution in [2.45, 2.75) is 63.7 Å². The van der Waals surface area contributed by atoms with Gasteiger partial charge in [0.2, 0.25) is 5.95 Å². The number of anilines is 1. The number of nitrogens with two attached hydrogens (primary N) is 1. The normalized spacial score (nSPS) is 24.0.